The summed E-state index contributed by atoms with van der Waals surface area (Å²) in [5.41, 5.74) is 0.251. The van der Waals surface area contributed by atoms with E-state index in [1.807, 2.05) is 0 Å². The average Bonchev–Trinajstić information content (AvgIpc) is 3.15. The number of hydrogen-bond acceptors (Lipinski definition) is 5. The molecule has 1 aliphatic heterocycles. The Balaban J connectivity index is 0.000000339. The lowest BCUT2D eigenvalue weighted by molar-refractivity contribution is -0.192. The van der Waals surface area contributed by atoms with Crippen molar-refractivity contribution in [1.29, 1.82) is 0 Å². The Kier molecular flexibility index (Phi) is 6.30. The van der Waals surface area contributed by atoms with E-state index in [4.69, 9.17) is 14.4 Å². The Morgan fingerprint density at radius 2 is 1.61 bits per heavy atom. The van der Waals surface area contributed by atoms with E-state index in [2.05, 4.69) is 15.5 Å². The van der Waals surface area contributed by atoms with Crippen molar-refractivity contribution in [2.24, 2.45) is 5.41 Å². The molecule has 170 valence electrons. The predicted molar refractivity (Wildman–Crippen MR) is 94.9 cm³/mol. The monoisotopic (exact) mass is 451 g/mol. The van der Waals surface area contributed by atoms with Gasteiger partial charge in [0, 0.05) is 11.5 Å². The van der Waals surface area contributed by atoms with Crippen molar-refractivity contribution in [3.63, 3.8) is 0 Å². The molecule has 1 aromatic heterocycles. The number of aromatic nitrogens is 2. The summed E-state index contributed by atoms with van der Waals surface area (Å²) in [6.45, 7) is 2.13. The lowest BCUT2D eigenvalue weighted by atomic mass is 9.57. The third kappa shape index (κ3) is 5.54. The van der Waals surface area contributed by atoms with Gasteiger partial charge in [0.05, 0.1) is 5.56 Å². The quantitative estimate of drug-likeness (QED) is 0.647. The molecule has 2 N–H and O–H groups in total. The summed E-state index contributed by atoms with van der Waals surface area (Å²) in [5.74, 6) is -1.50. The maximum atomic E-state index is 12.6. The van der Waals surface area contributed by atoms with Gasteiger partial charge in [-0.3, -0.25) is 0 Å². The van der Waals surface area contributed by atoms with Gasteiger partial charge >= 0.3 is 18.3 Å². The molecule has 0 atom stereocenters. The van der Waals surface area contributed by atoms with E-state index in [9.17, 15) is 26.3 Å². The maximum absolute atomic E-state index is 12.6. The zero-order valence-electron chi connectivity index (χ0n) is 16.1. The molecule has 1 aliphatic carbocycles. The normalized spacial score (nSPS) is 18.8. The summed E-state index contributed by atoms with van der Waals surface area (Å²) in [7, 11) is 0. The number of carbonyl (C=O) groups is 1. The Morgan fingerprint density at radius 1 is 1.06 bits per heavy atom. The maximum Gasteiger partial charge on any atom is 0.490 e. The molecule has 4 rings (SSSR count). The number of carboxylic acids is 1. The molecule has 0 amide bonds. The number of rotatable bonds is 2. The van der Waals surface area contributed by atoms with Crippen LogP contribution >= 0.6 is 0 Å². The minimum atomic E-state index is -5.08. The van der Waals surface area contributed by atoms with Crippen LogP contribution in [0.3, 0.4) is 0 Å². The van der Waals surface area contributed by atoms with E-state index in [0.717, 1.165) is 38.1 Å². The summed E-state index contributed by atoms with van der Waals surface area (Å²) in [6.07, 6.45) is -4.91. The first-order valence-electron chi connectivity index (χ1n) is 9.42. The molecule has 1 saturated carbocycles. The van der Waals surface area contributed by atoms with Crippen molar-refractivity contribution >= 4 is 5.97 Å². The number of hydrogen-bond donors (Lipinski definition) is 2. The number of benzene rings is 1. The highest BCUT2D eigenvalue weighted by atomic mass is 19.4. The average molecular weight is 451 g/mol. The Bertz CT molecular complexity index is 894. The van der Waals surface area contributed by atoms with Crippen molar-refractivity contribution in [2.45, 2.75) is 44.0 Å². The van der Waals surface area contributed by atoms with Gasteiger partial charge in [0.2, 0.25) is 0 Å². The van der Waals surface area contributed by atoms with E-state index < -0.39 is 23.9 Å². The number of aliphatic carboxylic acids is 1. The van der Waals surface area contributed by atoms with Gasteiger partial charge in [-0.25, -0.2) is 4.79 Å². The van der Waals surface area contributed by atoms with Gasteiger partial charge in [0.15, 0.2) is 5.82 Å². The molecule has 1 spiro atoms. The van der Waals surface area contributed by atoms with Crippen LogP contribution < -0.4 is 5.32 Å². The number of alkyl halides is 6. The van der Waals surface area contributed by atoms with Gasteiger partial charge < -0.3 is 14.9 Å². The molecule has 0 unspecified atom stereocenters. The topological polar surface area (TPSA) is 88.3 Å². The lowest BCUT2D eigenvalue weighted by Gasteiger charge is -2.49. The minimum absolute atomic E-state index is 0.282. The van der Waals surface area contributed by atoms with Crippen LogP contribution in [-0.4, -0.2) is 40.5 Å². The fourth-order valence-electron chi connectivity index (χ4n) is 3.85. The molecule has 2 heterocycles. The molecule has 0 bridgehead atoms. The first kappa shape index (κ1) is 23.0. The Morgan fingerprint density at radius 3 is 2.10 bits per heavy atom. The van der Waals surface area contributed by atoms with Gasteiger partial charge in [-0.2, -0.15) is 31.3 Å². The first-order valence-corrected chi connectivity index (χ1v) is 9.42. The summed E-state index contributed by atoms with van der Waals surface area (Å²) in [5, 5.41) is 14.5. The zero-order valence-corrected chi connectivity index (χ0v) is 16.1. The SMILES string of the molecule is FC(F)(F)c1ccc(-c2nc(C3CC4(CCNCC4)C3)no2)cc1.O=C(O)C(F)(F)F. The van der Waals surface area contributed by atoms with Crippen LogP contribution in [0.1, 0.15) is 43.0 Å². The molecular weight excluding hydrogens is 432 g/mol. The summed E-state index contributed by atoms with van der Waals surface area (Å²) in [4.78, 5) is 13.3. The molecule has 12 heteroatoms. The number of carboxylic acid groups (broad SMARTS) is 1. The molecule has 1 saturated heterocycles. The van der Waals surface area contributed by atoms with Gasteiger partial charge in [-0.05, 0) is 68.5 Å². The molecule has 1 aromatic carbocycles. The second-order valence-corrected chi connectivity index (χ2v) is 7.69. The zero-order chi connectivity index (χ0) is 22.9. The highest BCUT2D eigenvalue weighted by Gasteiger charge is 2.46. The van der Waals surface area contributed by atoms with Crippen LogP contribution in [-0.2, 0) is 11.0 Å². The summed E-state index contributed by atoms with van der Waals surface area (Å²) in [6, 6.07) is 4.81. The van der Waals surface area contributed by atoms with E-state index in [1.54, 1.807) is 0 Å². The van der Waals surface area contributed by atoms with Crippen molar-refractivity contribution in [3.05, 3.63) is 35.7 Å². The van der Waals surface area contributed by atoms with E-state index in [1.165, 1.54) is 25.0 Å². The predicted octanol–water partition coefficient (Wildman–Crippen LogP) is 4.64. The van der Waals surface area contributed by atoms with E-state index >= 15 is 0 Å². The molecule has 2 fully saturated rings. The fourth-order valence-corrected chi connectivity index (χ4v) is 3.85. The van der Waals surface area contributed by atoms with Crippen LogP contribution in [0.4, 0.5) is 26.3 Å². The Labute approximate surface area is 172 Å². The van der Waals surface area contributed by atoms with Gasteiger partial charge in [-0.15, -0.1) is 0 Å². The third-order valence-corrected chi connectivity index (χ3v) is 5.53. The van der Waals surface area contributed by atoms with Crippen LogP contribution in [0.5, 0.6) is 0 Å². The summed E-state index contributed by atoms with van der Waals surface area (Å²) < 4.78 is 74.8. The highest BCUT2D eigenvalue weighted by molar-refractivity contribution is 5.73. The van der Waals surface area contributed by atoms with Gasteiger partial charge in [0.25, 0.3) is 5.89 Å². The van der Waals surface area contributed by atoms with Crippen molar-refractivity contribution in [3.8, 4) is 11.5 Å². The van der Waals surface area contributed by atoms with Crippen molar-refractivity contribution < 1.29 is 40.8 Å². The lowest BCUT2D eigenvalue weighted by Crippen LogP contribution is -2.44. The van der Waals surface area contributed by atoms with E-state index in [-0.39, 0.29) is 5.89 Å². The number of nitrogens with zero attached hydrogens (tertiary/aromatic N) is 2. The molecular formula is C19H19F6N3O3. The number of halogens is 6. The van der Waals surface area contributed by atoms with Crippen LogP contribution in [0.15, 0.2) is 28.8 Å². The molecule has 6 nitrogen and oxygen atoms in total. The molecule has 2 aromatic rings. The van der Waals surface area contributed by atoms with Crippen molar-refractivity contribution in [2.75, 3.05) is 13.1 Å². The molecule has 0 radical (unpaired) electrons. The molecule has 31 heavy (non-hydrogen) atoms. The summed E-state index contributed by atoms with van der Waals surface area (Å²) >= 11 is 0. The number of nitrogens with one attached hydrogen (secondary N) is 1. The van der Waals surface area contributed by atoms with Gasteiger partial charge in [-0.1, -0.05) is 5.16 Å². The largest absolute Gasteiger partial charge is 0.490 e. The third-order valence-electron chi connectivity index (χ3n) is 5.53. The standard InChI is InChI=1S/C17H18F3N3O.C2HF3O2/c18-17(19,20)13-3-1-11(2-4-13)15-22-14(23-24-15)12-9-16(10-12)5-7-21-8-6-16;3-2(4,5)1(6)7/h1-4,12,21H,5-10H2;(H,6,7). The minimum Gasteiger partial charge on any atom is -0.475 e. The number of piperidine rings is 1. The van der Waals surface area contributed by atoms with Gasteiger partial charge in [0.1, 0.15) is 0 Å². The highest BCUT2D eigenvalue weighted by Crippen LogP contribution is 2.55. The van der Waals surface area contributed by atoms with Crippen LogP contribution in [0.25, 0.3) is 11.5 Å². The fraction of sp³-hybridized carbons (Fsp3) is 0.526. The Hall–Kier alpha value is -2.63. The second-order valence-electron chi connectivity index (χ2n) is 7.69. The first-order chi connectivity index (χ1) is 14.4. The van der Waals surface area contributed by atoms with Crippen molar-refractivity contribution in [1.82, 2.24) is 15.5 Å². The molecule has 2 aliphatic rings. The van der Waals surface area contributed by atoms with Crippen LogP contribution in [0, 0.1) is 5.41 Å². The second kappa shape index (κ2) is 8.48. The van der Waals surface area contributed by atoms with Crippen LogP contribution in [0.2, 0.25) is 0 Å². The smallest absolute Gasteiger partial charge is 0.475 e. The van der Waals surface area contributed by atoms with E-state index in [0.29, 0.717) is 22.7 Å².